The van der Waals surface area contributed by atoms with Gasteiger partial charge in [-0.25, -0.2) is 9.78 Å². The van der Waals surface area contributed by atoms with Crippen LogP contribution in [0.1, 0.15) is 46.9 Å². The smallest absolute Gasteiger partial charge is 0.326 e. The molecule has 0 saturated heterocycles. The number of anilines is 1. The molecular formula is C20H22N4O7S. The van der Waals surface area contributed by atoms with E-state index in [2.05, 4.69) is 15.3 Å². The Kier molecular flexibility index (Phi) is 7.25. The molecule has 0 bridgehead atoms. The van der Waals surface area contributed by atoms with Gasteiger partial charge in [0.1, 0.15) is 16.6 Å². The number of aliphatic carboxylic acids is 2. The first-order valence-corrected chi connectivity index (χ1v) is 10.7. The molecule has 0 fully saturated rings. The third-order valence-electron chi connectivity index (χ3n) is 4.70. The number of carboxylic acid groups (broad SMARTS) is 2. The first-order chi connectivity index (χ1) is 15.2. The fraction of sp³-hybridized carbons (Fsp3) is 0.350. The number of hydrogen-bond acceptors (Lipinski definition) is 8. The van der Waals surface area contributed by atoms with Crippen molar-refractivity contribution in [1.29, 1.82) is 0 Å². The Hall–Kier alpha value is -3.67. The van der Waals surface area contributed by atoms with E-state index in [0.717, 1.165) is 24.1 Å². The highest BCUT2D eigenvalue weighted by Gasteiger charge is 2.23. The molecular weight excluding hydrogens is 440 g/mol. The van der Waals surface area contributed by atoms with Gasteiger partial charge < -0.3 is 25.7 Å². The number of aromatic amines is 1. The average molecular weight is 462 g/mol. The summed E-state index contributed by atoms with van der Waals surface area (Å²) in [6.45, 7) is 0. The van der Waals surface area contributed by atoms with Crippen molar-refractivity contribution in [3.8, 4) is 0 Å². The zero-order valence-corrected chi connectivity index (χ0v) is 17.7. The largest absolute Gasteiger partial charge is 0.481 e. The molecule has 0 unspecified atom stereocenters. The highest BCUT2D eigenvalue weighted by atomic mass is 32.1. The number of amides is 1. The van der Waals surface area contributed by atoms with Crippen LogP contribution in [0.2, 0.25) is 0 Å². The number of rotatable bonds is 11. The lowest BCUT2D eigenvalue weighted by molar-refractivity contribution is -0.140. The lowest BCUT2D eigenvalue weighted by Crippen LogP contribution is -2.41. The molecule has 0 radical (unpaired) electrons. The summed E-state index contributed by atoms with van der Waals surface area (Å²) in [4.78, 5) is 54.1. The quantitative estimate of drug-likeness (QED) is 0.264. The number of fused-ring (bicyclic) bond motifs is 1. The van der Waals surface area contributed by atoms with E-state index >= 15 is 0 Å². The van der Waals surface area contributed by atoms with Crippen molar-refractivity contribution in [1.82, 2.24) is 15.3 Å². The van der Waals surface area contributed by atoms with Crippen LogP contribution in [0.4, 0.5) is 5.95 Å². The number of hydrogen-bond donors (Lipinski definition) is 5. The number of carbonyl (C=O) groups excluding carboxylic acids is 1. The average Bonchev–Trinajstić information content (AvgIpc) is 3.35. The molecule has 170 valence electrons. The van der Waals surface area contributed by atoms with Crippen LogP contribution in [0, 0.1) is 0 Å². The first kappa shape index (κ1) is 23.0. The van der Waals surface area contributed by atoms with E-state index in [1.807, 2.05) is 6.07 Å². The minimum atomic E-state index is -1.31. The third kappa shape index (κ3) is 5.94. The Morgan fingerprint density at radius 1 is 1.22 bits per heavy atom. The molecule has 0 aliphatic rings. The number of carbonyl (C=O) groups is 3. The van der Waals surface area contributed by atoms with Crippen molar-refractivity contribution in [2.45, 2.75) is 44.6 Å². The number of H-pyrrole nitrogens is 1. The Morgan fingerprint density at radius 2 is 1.97 bits per heavy atom. The van der Waals surface area contributed by atoms with Crippen LogP contribution in [-0.2, 0) is 22.4 Å². The van der Waals surface area contributed by atoms with Gasteiger partial charge in [0.15, 0.2) is 5.76 Å². The van der Waals surface area contributed by atoms with Crippen molar-refractivity contribution in [2.24, 2.45) is 0 Å². The summed E-state index contributed by atoms with van der Waals surface area (Å²) >= 11 is 1.42. The lowest BCUT2D eigenvalue weighted by atomic mass is 10.1. The number of carboxylic acids is 2. The summed E-state index contributed by atoms with van der Waals surface area (Å²) in [5, 5.41) is 20.6. The van der Waals surface area contributed by atoms with E-state index in [1.54, 1.807) is 6.07 Å². The number of thiophene rings is 1. The van der Waals surface area contributed by atoms with Crippen molar-refractivity contribution < 1.29 is 29.0 Å². The van der Waals surface area contributed by atoms with Crippen LogP contribution < -0.4 is 16.6 Å². The number of nitrogens with zero attached hydrogens (tertiary/aromatic N) is 1. The standard InChI is InChI=1S/C20H22N4O7S/c21-20-23-16(27)12-9-11(32-18(12)24-20)4-2-1-3-10-5-7-14(31-10)17(28)22-13(19(29)30)6-8-15(25)26/h5,7,9,13H,1-4,6,8H2,(H,22,28)(H,25,26)(H,29,30)(H3,21,23,24,27)/t13-/m0/s1. The van der Waals surface area contributed by atoms with E-state index in [-0.39, 0.29) is 30.1 Å². The number of nitrogen functional groups attached to an aromatic ring is 1. The Morgan fingerprint density at radius 3 is 2.69 bits per heavy atom. The van der Waals surface area contributed by atoms with Gasteiger partial charge in [-0.05, 0) is 43.9 Å². The molecule has 0 saturated carbocycles. The predicted octanol–water partition coefficient (Wildman–Crippen LogP) is 1.77. The van der Waals surface area contributed by atoms with E-state index in [9.17, 15) is 19.2 Å². The summed E-state index contributed by atoms with van der Waals surface area (Å²) in [5.74, 6) is -2.54. The minimum absolute atomic E-state index is 0.0334. The topological polar surface area (TPSA) is 189 Å². The molecule has 3 heterocycles. The normalized spacial score (nSPS) is 12.0. The number of unbranched alkanes of at least 4 members (excludes halogenated alkanes) is 1. The van der Waals surface area contributed by atoms with Gasteiger partial charge in [0, 0.05) is 17.7 Å². The van der Waals surface area contributed by atoms with E-state index < -0.39 is 23.9 Å². The number of nitrogens with one attached hydrogen (secondary N) is 2. The molecule has 1 atom stereocenters. The molecule has 11 nitrogen and oxygen atoms in total. The molecule has 3 aromatic rings. The van der Waals surface area contributed by atoms with Crippen molar-refractivity contribution in [3.05, 3.63) is 45.0 Å². The molecule has 32 heavy (non-hydrogen) atoms. The van der Waals surface area contributed by atoms with Gasteiger partial charge >= 0.3 is 11.9 Å². The van der Waals surface area contributed by atoms with Crippen LogP contribution >= 0.6 is 11.3 Å². The number of furan rings is 1. The fourth-order valence-corrected chi connectivity index (χ4v) is 4.19. The van der Waals surface area contributed by atoms with Crippen LogP contribution in [0.5, 0.6) is 0 Å². The van der Waals surface area contributed by atoms with Crippen LogP contribution in [-0.4, -0.2) is 44.1 Å². The second-order valence-corrected chi connectivity index (χ2v) is 8.27. The van der Waals surface area contributed by atoms with Gasteiger partial charge in [0.2, 0.25) is 5.95 Å². The van der Waals surface area contributed by atoms with Gasteiger partial charge in [-0.15, -0.1) is 11.3 Å². The van der Waals surface area contributed by atoms with Crippen molar-refractivity contribution in [3.63, 3.8) is 0 Å². The highest BCUT2D eigenvalue weighted by Crippen LogP contribution is 2.23. The molecule has 0 spiro atoms. The van der Waals surface area contributed by atoms with Gasteiger partial charge in [-0.1, -0.05) is 0 Å². The predicted molar refractivity (Wildman–Crippen MR) is 116 cm³/mol. The van der Waals surface area contributed by atoms with E-state index in [4.69, 9.17) is 20.4 Å². The number of nitrogens with two attached hydrogens (primary N) is 1. The third-order valence-corrected chi connectivity index (χ3v) is 5.79. The number of aryl methyl sites for hydroxylation is 2. The SMILES string of the molecule is Nc1nc2sc(CCCCc3ccc(C(=O)N[C@@H](CCC(=O)O)C(=O)O)o3)cc2c(=O)[nH]1. The molecule has 12 heteroatoms. The zero-order chi connectivity index (χ0) is 23.3. The van der Waals surface area contributed by atoms with Crippen LogP contribution in [0.15, 0.2) is 27.4 Å². The Bertz CT molecular complexity index is 1200. The van der Waals surface area contributed by atoms with Gasteiger partial charge in [-0.2, -0.15) is 0 Å². The van der Waals surface area contributed by atoms with Gasteiger partial charge in [0.25, 0.3) is 11.5 Å². The van der Waals surface area contributed by atoms with E-state index in [1.165, 1.54) is 17.4 Å². The summed E-state index contributed by atoms with van der Waals surface area (Å²) < 4.78 is 5.49. The second-order valence-electron chi connectivity index (χ2n) is 7.15. The lowest BCUT2D eigenvalue weighted by Gasteiger charge is -2.12. The van der Waals surface area contributed by atoms with Crippen molar-refractivity contribution >= 4 is 45.3 Å². The number of aromatic nitrogens is 2. The molecule has 6 N–H and O–H groups in total. The van der Waals surface area contributed by atoms with Gasteiger partial charge in [0.05, 0.1) is 5.39 Å². The van der Waals surface area contributed by atoms with Crippen molar-refractivity contribution in [2.75, 3.05) is 5.73 Å². The first-order valence-electron chi connectivity index (χ1n) is 9.85. The summed E-state index contributed by atoms with van der Waals surface area (Å²) in [5.41, 5.74) is 5.30. The van der Waals surface area contributed by atoms with E-state index in [0.29, 0.717) is 22.4 Å². The maximum absolute atomic E-state index is 12.2. The molecule has 0 aromatic carbocycles. The Balaban J connectivity index is 1.49. The molecule has 1 amide bonds. The molecule has 3 aromatic heterocycles. The second kappa shape index (κ2) is 10.1. The fourth-order valence-electron chi connectivity index (χ4n) is 3.11. The summed E-state index contributed by atoms with van der Waals surface area (Å²) in [7, 11) is 0. The summed E-state index contributed by atoms with van der Waals surface area (Å²) in [6, 6.07) is 3.59. The zero-order valence-electron chi connectivity index (χ0n) is 16.9. The minimum Gasteiger partial charge on any atom is -0.481 e. The van der Waals surface area contributed by atoms with Crippen LogP contribution in [0.25, 0.3) is 10.2 Å². The molecule has 0 aliphatic heterocycles. The van der Waals surface area contributed by atoms with Crippen LogP contribution in [0.3, 0.4) is 0 Å². The molecule has 0 aliphatic carbocycles. The summed E-state index contributed by atoms with van der Waals surface area (Å²) in [6.07, 6.45) is 2.31. The highest BCUT2D eigenvalue weighted by molar-refractivity contribution is 7.18. The monoisotopic (exact) mass is 462 g/mol. The molecule has 3 rings (SSSR count). The maximum atomic E-state index is 12.2. The Labute approximate surface area is 185 Å². The van der Waals surface area contributed by atoms with Gasteiger partial charge in [-0.3, -0.25) is 19.4 Å². The maximum Gasteiger partial charge on any atom is 0.326 e.